The highest BCUT2D eigenvalue weighted by Crippen LogP contribution is 2.32. The van der Waals surface area contributed by atoms with Crippen LogP contribution in [0.1, 0.15) is 34.1 Å². The zero-order valence-electron chi connectivity index (χ0n) is 14.9. The van der Waals surface area contributed by atoms with Crippen molar-refractivity contribution in [1.82, 2.24) is 10.9 Å². The fourth-order valence-electron chi connectivity index (χ4n) is 3.02. The molecule has 0 saturated carbocycles. The van der Waals surface area contributed by atoms with Gasteiger partial charge >= 0.3 is 0 Å². The molecule has 2 aromatic rings. The Morgan fingerprint density at radius 2 is 2.15 bits per heavy atom. The molecule has 1 aromatic heterocycles. The lowest BCUT2D eigenvalue weighted by Crippen LogP contribution is -2.44. The van der Waals surface area contributed by atoms with Gasteiger partial charge in [-0.15, -0.1) is 11.3 Å². The van der Waals surface area contributed by atoms with E-state index in [4.69, 9.17) is 4.74 Å². The smallest absolute Gasteiger partial charge is 0.270 e. The van der Waals surface area contributed by atoms with Crippen molar-refractivity contribution in [3.05, 3.63) is 45.6 Å². The molecule has 0 spiro atoms. The van der Waals surface area contributed by atoms with Crippen LogP contribution in [0, 0.1) is 5.92 Å². The lowest BCUT2D eigenvalue weighted by atomic mass is 9.88. The van der Waals surface area contributed by atoms with Crippen LogP contribution in [-0.2, 0) is 17.6 Å². The highest BCUT2D eigenvalue weighted by atomic mass is 32.1. The SMILES string of the molecule is COc1cccc(NCC(=O)NNC(=O)c2csc3c2CCC(C)C3)c1. The molecular formula is C19H23N3O3S. The van der Waals surface area contributed by atoms with Gasteiger partial charge in [0.1, 0.15) is 5.75 Å². The van der Waals surface area contributed by atoms with E-state index < -0.39 is 0 Å². The largest absolute Gasteiger partial charge is 0.497 e. The molecule has 1 heterocycles. The summed E-state index contributed by atoms with van der Waals surface area (Å²) in [4.78, 5) is 25.6. The summed E-state index contributed by atoms with van der Waals surface area (Å²) in [5.41, 5.74) is 7.55. The summed E-state index contributed by atoms with van der Waals surface area (Å²) < 4.78 is 5.14. The van der Waals surface area contributed by atoms with Crippen LogP contribution < -0.4 is 20.9 Å². The number of amides is 2. The molecule has 1 aliphatic rings. The molecular weight excluding hydrogens is 350 g/mol. The molecule has 26 heavy (non-hydrogen) atoms. The Balaban J connectivity index is 1.49. The number of nitrogens with one attached hydrogen (secondary N) is 3. The van der Waals surface area contributed by atoms with Crippen molar-refractivity contribution in [2.24, 2.45) is 5.92 Å². The Hall–Kier alpha value is -2.54. The Labute approximate surface area is 156 Å². The van der Waals surface area contributed by atoms with Crippen LogP contribution >= 0.6 is 11.3 Å². The first kappa shape index (κ1) is 18.3. The first-order valence-corrected chi connectivity index (χ1v) is 9.51. The maximum Gasteiger partial charge on any atom is 0.270 e. The van der Waals surface area contributed by atoms with E-state index in [-0.39, 0.29) is 18.4 Å². The standard InChI is InChI=1S/C19H23N3O3S/c1-12-6-7-15-16(11-26-17(15)8-12)19(24)22-21-18(23)10-20-13-4-3-5-14(9-13)25-2/h3-5,9,11-12,20H,6-8,10H2,1-2H3,(H,21,23)(H,22,24). The van der Waals surface area contributed by atoms with Crippen molar-refractivity contribution in [3.8, 4) is 5.75 Å². The third-order valence-corrected chi connectivity index (χ3v) is 5.54. The summed E-state index contributed by atoms with van der Waals surface area (Å²) in [7, 11) is 1.59. The fourth-order valence-corrected chi connectivity index (χ4v) is 4.27. The van der Waals surface area contributed by atoms with Gasteiger partial charge in [-0.3, -0.25) is 20.4 Å². The molecule has 2 amide bonds. The predicted molar refractivity (Wildman–Crippen MR) is 103 cm³/mol. The van der Waals surface area contributed by atoms with Crippen molar-refractivity contribution >= 4 is 28.8 Å². The van der Waals surface area contributed by atoms with Gasteiger partial charge in [0.15, 0.2) is 0 Å². The predicted octanol–water partition coefficient (Wildman–Crippen LogP) is 2.75. The molecule has 1 aromatic carbocycles. The van der Waals surface area contributed by atoms with Gasteiger partial charge in [0.2, 0.25) is 0 Å². The van der Waals surface area contributed by atoms with Gasteiger partial charge in [-0.05, 0) is 42.9 Å². The number of carbonyl (C=O) groups excluding carboxylic acids is 2. The Kier molecular flexibility index (Phi) is 5.78. The maximum atomic E-state index is 12.4. The van der Waals surface area contributed by atoms with Gasteiger partial charge in [0.05, 0.1) is 19.2 Å². The number of benzene rings is 1. The zero-order valence-corrected chi connectivity index (χ0v) is 15.7. The van der Waals surface area contributed by atoms with Crippen LogP contribution in [-0.4, -0.2) is 25.5 Å². The third kappa shape index (κ3) is 4.35. The quantitative estimate of drug-likeness (QED) is 0.704. The number of carbonyl (C=O) groups is 2. The Morgan fingerprint density at radius 1 is 1.31 bits per heavy atom. The van der Waals surface area contributed by atoms with E-state index in [0.717, 1.165) is 30.5 Å². The maximum absolute atomic E-state index is 12.4. The summed E-state index contributed by atoms with van der Waals surface area (Å²) in [6.45, 7) is 2.28. The van der Waals surface area contributed by atoms with E-state index in [1.165, 1.54) is 4.88 Å². The highest BCUT2D eigenvalue weighted by molar-refractivity contribution is 7.10. The minimum atomic E-state index is -0.320. The van der Waals surface area contributed by atoms with E-state index in [9.17, 15) is 9.59 Å². The average Bonchev–Trinajstić information content (AvgIpc) is 3.07. The molecule has 1 aliphatic carbocycles. The summed E-state index contributed by atoms with van der Waals surface area (Å²) in [5.74, 6) is 0.797. The third-order valence-electron chi connectivity index (χ3n) is 4.48. The average molecular weight is 373 g/mol. The van der Waals surface area contributed by atoms with Crippen LogP contribution in [0.25, 0.3) is 0 Å². The fraction of sp³-hybridized carbons (Fsp3) is 0.368. The number of thiophene rings is 1. The van der Waals surface area contributed by atoms with Gasteiger partial charge in [0, 0.05) is 22.0 Å². The zero-order chi connectivity index (χ0) is 18.5. The molecule has 0 radical (unpaired) electrons. The molecule has 0 aliphatic heterocycles. The van der Waals surface area contributed by atoms with Gasteiger partial charge < -0.3 is 10.1 Å². The number of methoxy groups -OCH3 is 1. The minimum Gasteiger partial charge on any atom is -0.497 e. The van der Waals surface area contributed by atoms with Crippen LogP contribution in [0.3, 0.4) is 0 Å². The second kappa shape index (κ2) is 8.23. The van der Waals surface area contributed by atoms with E-state index in [0.29, 0.717) is 17.2 Å². The van der Waals surface area contributed by atoms with Crippen molar-refractivity contribution in [2.45, 2.75) is 26.2 Å². The molecule has 7 heteroatoms. The van der Waals surface area contributed by atoms with Crippen LogP contribution in [0.2, 0.25) is 0 Å². The number of anilines is 1. The lowest BCUT2D eigenvalue weighted by Gasteiger charge is -2.18. The molecule has 6 nitrogen and oxygen atoms in total. The second-order valence-electron chi connectivity index (χ2n) is 6.49. The number of rotatable bonds is 5. The topological polar surface area (TPSA) is 79.5 Å². The van der Waals surface area contributed by atoms with E-state index in [1.807, 2.05) is 23.6 Å². The first-order chi connectivity index (χ1) is 12.6. The van der Waals surface area contributed by atoms with Crippen molar-refractivity contribution in [3.63, 3.8) is 0 Å². The summed E-state index contributed by atoms with van der Waals surface area (Å²) in [6, 6.07) is 7.30. The molecule has 0 bridgehead atoms. The van der Waals surface area contributed by atoms with Gasteiger partial charge in [-0.2, -0.15) is 0 Å². The van der Waals surface area contributed by atoms with Crippen molar-refractivity contribution in [2.75, 3.05) is 19.0 Å². The van der Waals surface area contributed by atoms with Gasteiger partial charge in [-0.1, -0.05) is 13.0 Å². The van der Waals surface area contributed by atoms with Crippen LogP contribution in [0.4, 0.5) is 5.69 Å². The minimum absolute atomic E-state index is 0.0483. The van der Waals surface area contributed by atoms with Crippen LogP contribution in [0.5, 0.6) is 5.75 Å². The Morgan fingerprint density at radius 3 is 2.96 bits per heavy atom. The normalized spacial score (nSPS) is 15.7. The summed E-state index contributed by atoms with van der Waals surface area (Å²) in [5, 5.41) is 4.88. The summed E-state index contributed by atoms with van der Waals surface area (Å²) in [6.07, 6.45) is 3.05. The highest BCUT2D eigenvalue weighted by Gasteiger charge is 2.23. The van der Waals surface area contributed by atoms with E-state index >= 15 is 0 Å². The monoisotopic (exact) mass is 373 g/mol. The molecule has 3 N–H and O–H groups in total. The van der Waals surface area contributed by atoms with E-state index in [1.54, 1.807) is 24.5 Å². The molecule has 0 saturated heterocycles. The first-order valence-electron chi connectivity index (χ1n) is 8.63. The van der Waals surface area contributed by atoms with Crippen molar-refractivity contribution in [1.29, 1.82) is 0 Å². The molecule has 138 valence electrons. The molecule has 1 atom stereocenters. The van der Waals surface area contributed by atoms with Crippen molar-refractivity contribution < 1.29 is 14.3 Å². The van der Waals surface area contributed by atoms with E-state index in [2.05, 4.69) is 23.1 Å². The van der Waals surface area contributed by atoms with Gasteiger partial charge in [-0.25, -0.2) is 0 Å². The lowest BCUT2D eigenvalue weighted by molar-refractivity contribution is -0.120. The number of ether oxygens (including phenoxy) is 1. The number of fused-ring (bicyclic) bond motifs is 1. The van der Waals surface area contributed by atoms with Crippen LogP contribution in [0.15, 0.2) is 29.6 Å². The second-order valence-corrected chi connectivity index (χ2v) is 7.45. The molecule has 0 fully saturated rings. The molecule has 1 unspecified atom stereocenters. The van der Waals surface area contributed by atoms with Gasteiger partial charge in [0.25, 0.3) is 11.8 Å². The molecule has 3 rings (SSSR count). The number of hydrogen-bond acceptors (Lipinski definition) is 5. The number of hydrogen-bond donors (Lipinski definition) is 3. The summed E-state index contributed by atoms with van der Waals surface area (Å²) >= 11 is 1.63. The Bertz CT molecular complexity index is 803. The number of hydrazine groups is 1.